The lowest BCUT2D eigenvalue weighted by atomic mass is 10.3. The van der Waals surface area contributed by atoms with Crippen LogP contribution >= 0.6 is 11.6 Å². The largest absolute Gasteiger partial charge is 0.508 e. The van der Waals surface area contributed by atoms with Gasteiger partial charge in [-0.1, -0.05) is 17.7 Å². The van der Waals surface area contributed by atoms with Gasteiger partial charge < -0.3 is 5.11 Å². The van der Waals surface area contributed by atoms with Gasteiger partial charge in [0.2, 0.25) is 0 Å². The highest BCUT2D eigenvalue weighted by molar-refractivity contribution is 7.92. The van der Waals surface area contributed by atoms with Crippen LogP contribution < -0.4 is 4.72 Å². The highest BCUT2D eigenvalue weighted by Gasteiger charge is 2.17. The first-order valence-electron chi connectivity index (χ1n) is 5.16. The second kappa shape index (κ2) is 5.07. The van der Waals surface area contributed by atoms with Crippen LogP contribution in [0.15, 0.2) is 47.4 Å². The molecule has 2 rings (SSSR count). The van der Waals surface area contributed by atoms with Gasteiger partial charge in [-0.3, -0.25) is 4.72 Å². The van der Waals surface area contributed by atoms with Crippen molar-refractivity contribution in [2.75, 3.05) is 4.72 Å². The fraction of sp³-hybridized carbons (Fsp3) is 0. The van der Waals surface area contributed by atoms with Gasteiger partial charge in [-0.15, -0.1) is 0 Å². The quantitative estimate of drug-likeness (QED) is 0.916. The molecule has 2 aromatic carbocycles. The Morgan fingerprint density at radius 1 is 1.11 bits per heavy atom. The zero-order valence-corrected chi connectivity index (χ0v) is 11.0. The molecule has 0 radical (unpaired) electrons. The summed E-state index contributed by atoms with van der Waals surface area (Å²) < 4.78 is 39.7. The second-order valence-corrected chi connectivity index (χ2v) is 5.79. The lowest BCUT2D eigenvalue weighted by Gasteiger charge is -2.09. The van der Waals surface area contributed by atoms with E-state index in [9.17, 15) is 12.8 Å². The molecule has 2 N–H and O–H groups in total. The first kappa shape index (κ1) is 13.6. The monoisotopic (exact) mass is 301 g/mol. The summed E-state index contributed by atoms with van der Waals surface area (Å²) in [7, 11) is -3.93. The lowest BCUT2D eigenvalue weighted by Crippen LogP contribution is -2.13. The zero-order chi connectivity index (χ0) is 14.0. The molecule has 0 aliphatic heterocycles. The molecule has 0 unspecified atom stereocenters. The van der Waals surface area contributed by atoms with Crippen LogP contribution in [-0.2, 0) is 10.0 Å². The van der Waals surface area contributed by atoms with E-state index in [0.29, 0.717) is 0 Å². The summed E-state index contributed by atoms with van der Waals surface area (Å²) in [5, 5.41) is 8.92. The molecule has 7 heteroatoms. The smallest absolute Gasteiger partial charge is 0.261 e. The Morgan fingerprint density at radius 3 is 2.37 bits per heavy atom. The Bertz CT molecular complexity index is 701. The fourth-order valence-corrected chi connectivity index (χ4v) is 2.65. The topological polar surface area (TPSA) is 66.4 Å². The van der Waals surface area contributed by atoms with E-state index in [1.165, 1.54) is 42.5 Å². The summed E-state index contributed by atoms with van der Waals surface area (Å²) in [5.74, 6) is -0.903. The van der Waals surface area contributed by atoms with Crippen molar-refractivity contribution in [2.24, 2.45) is 0 Å². The van der Waals surface area contributed by atoms with Crippen molar-refractivity contribution in [2.45, 2.75) is 4.90 Å². The SMILES string of the molecule is O=S(=O)(Nc1cccc(Cl)c1F)c1ccc(O)cc1. The summed E-state index contributed by atoms with van der Waals surface area (Å²) in [5.41, 5.74) is -0.236. The molecule has 0 amide bonds. The molecule has 19 heavy (non-hydrogen) atoms. The summed E-state index contributed by atoms with van der Waals surface area (Å²) in [6.07, 6.45) is 0. The molecule has 0 atom stereocenters. The highest BCUT2D eigenvalue weighted by atomic mass is 35.5. The van der Waals surface area contributed by atoms with E-state index in [1.54, 1.807) is 0 Å². The second-order valence-electron chi connectivity index (χ2n) is 3.70. The molecule has 0 aromatic heterocycles. The predicted molar refractivity (Wildman–Crippen MR) is 70.3 cm³/mol. The van der Waals surface area contributed by atoms with E-state index < -0.39 is 15.8 Å². The maximum absolute atomic E-state index is 13.6. The first-order valence-corrected chi connectivity index (χ1v) is 7.02. The maximum Gasteiger partial charge on any atom is 0.261 e. The van der Waals surface area contributed by atoms with Gasteiger partial charge in [0, 0.05) is 0 Å². The van der Waals surface area contributed by atoms with Crippen molar-refractivity contribution in [1.29, 1.82) is 0 Å². The third kappa shape index (κ3) is 2.97. The van der Waals surface area contributed by atoms with E-state index in [0.717, 1.165) is 0 Å². The minimum Gasteiger partial charge on any atom is -0.508 e. The number of rotatable bonds is 3. The van der Waals surface area contributed by atoms with E-state index in [-0.39, 0.29) is 21.4 Å². The molecular weight excluding hydrogens is 293 g/mol. The van der Waals surface area contributed by atoms with Gasteiger partial charge in [0.1, 0.15) is 5.75 Å². The van der Waals surface area contributed by atoms with Crippen LogP contribution in [0.25, 0.3) is 0 Å². The summed E-state index contributed by atoms with van der Waals surface area (Å²) in [6.45, 7) is 0. The van der Waals surface area contributed by atoms with Crippen LogP contribution in [0.1, 0.15) is 0 Å². The molecule has 4 nitrogen and oxygen atoms in total. The number of hydrogen-bond acceptors (Lipinski definition) is 3. The number of halogens is 2. The van der Waals surface area contributed by atoms with Gasteiger partial charge in [0.05, 0.1) is 15.6 Å². The van der Waals surface area contributed by atoms with Crippen LogP contribution in [0.4, 0.5) is 10.1 Å². The summed E-state index contributed by atoms with van der Waals surface area (Å²) in [6, 6.07) is 8.88. The number of phenolic OH excluding ortho intramolecular Hbond substituents is 1. The summed E-state index contributed by atoms with van der Waals surface area (Å²) in [4.78, 5) is -0.0929. The van der Waals surface area contributed by atoms with Crippen LogP contribution in [-0.4, -0.2) is 13.5 Å². The van der Waals surface area contributed by atoms with Gasteiger partial charge in [-0.2, -0.15) is 0 Å². The minimum atomic E-state index is -3.93. The van der Waals surface area contributed by atoms with E-state index in [4.69, 9.17) is 16.7 Å². The van der Waals surface area contributed by atoms with Crippen molar-refractivity contribution < 1.29 is 17.9 Å². The Balaban J connectivity index is 2.36. The molecule has 0 saturated carbocycles. The number of nitrogens with one attached hydrogen (secondary N) is 1. The van der Waals surface area contributed by atoms with Gasteiger partial charge >= 0.3 is 0 Å². The fourth-order valence-electron chi connectivity index (χ4n) is 1.41. The average molecular weight is 302 g/mol. The number of hydrogen-bond donors (Lipinski definition) is 2. The Morgan fingerprint density at radius 2 is 1.74 bits per heavy atom. The normalized spacial score (nSPS) is 11.3. The Labute approximate surface area is 114 Å². The molecule has 0 heterocycles. The van der Waals surface area contributed by atoms with E-state index in [1.807, 2.05) is 0 Å². The van der Waals surface area contributed by atoms with E-state index in [2.05, 4.69) is 4.72 Å². The third-order valence-electron chi connectivity index (χ3n) is 2.34. The first-order chi connectivity index (χ1) is 8.90. The molecule has 0 aliphatic rings. The zero-order valence-electron chi connectivity index (χ0n) is 9.47. The molecule has 0 aliphatic carbocycles. The van der Waals surface area contributed by atoms with E-state index >= 15 is 0 Å². The minimum absolute atomic E-state index is 0.0621. The van der Waals surface area contributed by atoms with Crippen LogP contribution in [0.2, 0.25) is 5.02 Å². The molecule has 2 aromatic rings. The number of anilines is 1. The van der Waals surface area contributed by atoms with Crippen molar-refractivity contribution >= 4 is 27.3 Å². The van der Waals surface area contributed by atoms with Gasteiger partial charge in [-0.05, 0) is 36.4 Å². The van der Waals surface area contributed by atoms with Crippen molar-refractivity contribution in [3.05, 3.63) is 53.3 Å². The third-order valence-corrected chi connectivity index (χ3v) is 4.02. The molecule has 100 valence electrons. The predicted octanol–water partition coefficient (Wildman–Crippen LogP) is 2.99. The van der Waals surface area contributed by atoms with Crippen LogP contribution in [0, 0.1) is 5.82 Å². The van der Waals surface area contributed by atoms with Crippen molar-refractivity contribution in [3.63, 3.8) is 0 Å². The molecule has 0 spiro atoms. The molecule has 0 bridgehead atoms. The standard InChI is InChI=1S/C12H9ClFNO3S/c13-10-2-1-3-11(12(10)14)15-19(17,18)9-6-4-8(16)5-7-9/h1-7,15-16H. The number of aromatic hydroxyl groups is 1. The van der Waals surface area contributed by atoms with Crippen molar-refractivity contribution in [1.82, 2.24) is 0 Å². The number of phenols is 1. The lowest BCUT2D eigenvalue weighted by molar-refractivity contribution is 0.475. The van der Waals surface area contributed by atoms with Crippen LogP contribution in [0.3, 0.4) is 0 Å². The maximum atomic E-state index is 13.6. The van der Waals surface area contributed by atoms with Gasteiger partial charge in [0.25, 0.3) is 10.0 Å². The average Bonchev–Trinajstić information content (AvgIpc) is 2.35. The molecule has 0 fully saturated rings. The summed E-state index contributed by atoms with van der Waals surface area (Å²) >= 11 is 5.57. The highest BCUT2D eigenvalue weighted by Crippen LogP contribution is 2.25. The number of sulfonamides is 1. The molecule has 0 saturated heterocycles. The van der Waals surface area contributed by atoms with Gasteiger partial charge in [0.15, 0.2) is 5.82 Å². The van der Waals surface area contributed by atoms with Gasteiger partial charge in [-0.25, -0.2) is 12.8 Å². The Kier molecular flexibility index (Phi) is 3.64. The Hall–Kier alpha value is -1.79. The van der Waals surface area contributed by atoms with Crippen LogP contribution in [0.5, 0.6) is 5.75 Å². The molecular formula is C12H9ClFNO3S. The number of benzene rings is 2. The van der Waals surface area contributed by atoms with Crippen molar-refractivity contribution in [3.8, 4) is 5.75 Å².